The first-order valence-electron chi connectivity index (χ1n) is 7.13. The summed E-state index contributed by atoms with van der Waals surface area (Å²) in [6, 6.07) is 9.40. The third kappa shape index (κ3) is 5.45. The molecule has 0 fully saturated rings. The van der Waals surface area contributed by atoms with Crippen molar-refractivity contribution in [1.29, 1.82) is 0 Å². The van der Waals surface area contributed by atoms with Crippen LogP contribution in [0.3, 0.4) is 0 Å². The smallest absolute Gasteiger partial charge is 0.0292 e. The van der Waals surface area contributed by atoms with Crippen molar-refractivity contribution in [2.75, 3.05) is 12.3 Å². The number of thioether (sulfide) groups is 1. The average molecular weight is 265 g/mol. The molecule has 1 aromatic carbocycles. The summed E-state index contributed by atoms with van der Waals surface area (Å²) in [5.41, 5.74) is 1.39. The van der Waals surface area contributed by atoms with E-state index in [-0.39, 0.29) is 0 Å². The van der Waals surface area contributed by atoms with Crippen molar-refractivity contribution in [3.05, 3.63) is 29.8 Å². The summed E-state index contributed by atoms with van der Waals surface area (Å²) in [6.07, 6.45) is 2.62. The van der Waals surface area contributed by atoms with Crippen LogP contribution in [0.2, 0.25) is 0 Å². The molecule has 18 heavy (non-hydrogen) atoms. The molecule has 1 N–H and O–H groups in total. The summed E-state index contributed by atoms with van der Waals surface area (Å²) >= 11 is 1.99. The highest BCUT2D eigenvalue weighted by molar-refractivity contribution is 7.99. The Morgan fingerprint density at radius 2 is 2.00 bits per heavy atom. The Balaban J connectivity index is 2.54. The van der Waals surface area contributed by atoms with Gasteiger partial charge in [-0.05, 0) is 37.1 Å². The van der Waals surface area contributed by atoms with E-state index in [4.69, 9.17) is 0 Å². The summed E-state index contributed by atoms with van der Waals surface area (Å²) in [5.74, 6) is 2.04. The molecule has 0 aliphatic heterocycles. The first-order chi connectivity index (χ1) is 8.67. The second kappa shape index (κ2) is 8.60. The SMILES string of the molecule is CCCC(C)CSc1cccc(C(C)NCC)c1. The molecule has 102 valence electrons. The van der Waals surface area contributed by atoms with Crippen LogP contribution < -0.4 is 5.32 Å². The molecule has 0 aliphatic rings. The highest BCUT2D eigenvalue weighted by Gasteiger charge is 2.06. The second-order valence-electron chi connectivity index (χ2n) is 5.06. The van der Waals surface area contributed by atoms with Gasteiger partial charge >= 0.3 is 0 Å². The van der Waals surface area contributed by atoms with E-state index in [1.165, 1.54) is 29.1 Å². The highest BCUT2D eigenvalue weighted by Crippen LogP contribution is 2.25. The monoisotopic (exact) mass is 265 g/mol. The van der Waals surface area contributed by atoms with Gasteiger partial charge in [0.15, 0.2) is 0 Å². The van der Waals surface area contributed by atoms with Crippen LogP contribution in [0.5, 0.6) is 0 Å². The van der Waals surface area contributed by atoms with Crippen molar-refractivity contribution in [3.63, 3.8) is 0 Å². The number of hydrogen-bond donors (Lipinski definition) is 1. The third-order valence-corrected chi connectivity index (χ3v) is 4.51. The molecule has 0 aromatic heterocycles. The Morgan fingerprint density at radius 3 is 2.67 bits per heavy atom. The molecule has 0 saturated carbocycles. The van der Waals surface area contributed by atoms with Gasteiger partial charge in [0, 0.05) is 16.7 Å². The van der Waals surface area contributed by atoms with Crippen LogP contribution >= 0.6 is 11.8 Å². The van der Waals surface area contributed by atoms with Crippen LogP contribution in [-0.2, 0) is 0 Å². The van der Waals surface area contributed by atoms with Gasteiger partial charge in [-0.1, -0.05) is 45.7 Å². The van der Waals surface area contributed by atoms with Crippen LogP contribution in [-0.4, -0.2) is 12.3 Å². The van der Waals surface area contributed by atoms with Crippen molar-refractivity contribution in [2.45, 2.75) is 51.5 Å². The van der Waals surface area contributed by atoms with E-state index in [1.54, 1.807) is 0 Å². The zero-order valence-corrected chi connectivity index (χ0v) is 13.0. The zero-order valence-electron chi connectivity index (χ0n) is 12.2. The fraction of sp³-hybridized carbons (Fsp3) is 0.625. The lowest BCUT2D eigenvalue weighted by molar-refractivity contribution is 0.585. The number of nitrogens with one attached hydrogen (secondary N) is 1. The molecule has 2 heteroatoms. The van der Waals surface area contributed by atoms with Crippen molar-refractivity contribution in [1.82, 2.24) is 5.32 Å². The number of benzene rings is 1. The summed E-state index contributed by atoms with van der Waals surface area (Å²) in [4.78, 5) is 1.40. The van der Waals surface area contributed by atoms with Gasteiger partial charge in [0.05, 0.1) is 0 Å². The van der Waals surface area contributed by atoms with Crippen molar-refractivity contribution in [2.24, 2.45) is 5.92 Å². The minimum absolute atomic E-state index is 0.448. The van der Waals surface area contributed by atoms with Gasteiger partial charge in [-0.15, -0.1) is 11.8 Å². The molecule has 1 aromatic rings. The second-order valence-corrected chi connectivity index (χ2v) is 6.15. The topological polar surface area (TPSA) is 12.0 Å². The van der Waals surface area contributed by atoms with Gasteiger partial charge < -0.3 is 5.32 Å². The third-order valence-electron chi connectivity index (χ3n) is 3.18. The molecule has 1 nitrogen and oxygen atoms in total. The summed E-state index contributed by atoms with van der Waals surface area (Å²) < 4.78 is 0. The van der Waals surface area contributed by atoms with E-state index >= 15 is 0 Å². The minimum Gasteiger partial charge on any atom is -0.310 e. The van der Waals surface area contributed by atoms with Gasteiger partial charge in [-0.2, -0.15) is 0 Å². The van der Waals surface area contributed by atoms with Gasteiger partial charge in [0.2, 0.25) is 0 Å². The molecular weight excluding hydrogens is 238 g/mol. The molecule has 2 unspecified atom stereocenters. The Morgan fingerprint density at radius 1 is 1.22 bits per heavy atom. The van der Waals surface area contributed by atoms with Gasteiger partial charge in [0.1, 0.15) is 0 Å². The lowest BCUT2D eigenvalue weighted by Gasteiger charge is -2.14. The molecule has 0 saturated heterocycles. The Bertz CT molecular complexity index is 338. The normalized spacial score (nSPS) is 14.4. The highest BCUT2D eigenvalue weighted by atomic mass is 32.2. The molecule has 0 heterocycles. The number of rotatable bonds is 8. The average Bonchev–Trinajstić information content (AvgIpc) is 2.37. The van der Waals surface area contributed by atoms with E-state index < -0.39 is 0 Å². The van der Waals surface area contributed by atoms with Crippen molar-refractivity contribution >= 4 is 11.8 Å². The first kappa shape index (κ1) is 15.6. The maximum absolute atomic E-state index is 3.46. The zero-order chi connectivity index (χ0) is 13.4. The molecular formula is C16H27NS. The Kier molecular flexibility index (Phi) is 7.45. The Hall–Kier alpha value is -0.470. The van der Waals surface area contributed by atoms with Crippen LogP contribution in [0.15, 0.2) is 29.2 Å². The maximum Gasteiger partial charge on any atom is 0.0292 e. The predicted octanol–water partition coefficient (Wildman–Crippen LogP) is 4.89. The van der Waals surface area contributed by atoms with Crippen LogP contribution in [0.1, 0.15) is 52.1 Å². The van der Waals surface area contributed by atoms with Crippen LogP contribution in [0.25, 0.3) is 0 Å². The Labute approximate surface area is 117 Å². The van der Waals surface area contributed by atoms with E-state index in [0.717, 1.165) is 12.5 Å². The standard InChI is InChI=1S/C16H27NS/c1-5-8-13(3)12-18-16-10-7-9-15(11-16)14(4)17-6-2/h7,9-11,13-14,17H,5-6,8,12H2,1-4H3. The summed E-state index contributed by atoms with van der Waals surface area (Å²) in [6.45, 7) is 10.0. The predicted molar refractivity (Wildman–Crippen MR) is 83.3 cm³/mol. The maximum atomic E-state index is 3.46. The summed E-state index contributed by atoms with van der Waals surface area (Å²) in [7, 11) is 0. The van der Waals surface area contributed by atoms with E-state index in [0.29, 0.717) is 6.04 Å². The largest absolute Gasteiger partial charge is 0.310 e. The molecule has 1 rings (SSSR count). The van der Waals surface area contributed by atoms with Crippen molar-refractivity contribution in [3.8, 4) is 0 Å². The van der Waals surface area contributed by atoms with Crippen LogP contribution in [0, 0.1) is 5.92 Å². The van der Waals surface area contributed by atoms with E-state index in [9.17, 15) is 0 Å². The van der Waals surface area contributed by atoms with Gasteiger partial charge in [0.25, 0.3) is 0 Å². The van der Waals surface area contributed by atoms with Gasteiger partial charge in [-0.25, -0.2) is 0 Å². The molecule has 0 radical (unpaired) electrons. The van der Waals surface area contributed by atoms with E-state index in [1.807, 2.05) is 11.8 Å². The number of hydrogen-bond acceptors (Lipinski definition) is 2. The molecule has 0 bridgehead atoms. The summed E-state index contributed by atoms with van der Waals surface area (Å²) in [5, 5.41) is 3.46. The fourth-order valence-electron chi connectivity index (χ4n) is 2.11. The van der Waals surface area contributed by atoms with E-state index in [2.05, 4.69) is 57.3 Å². The quantitative estimate of drug-likeness (QED) is 0.672. The fourth-order valence-corrected chi connectivity index (χ4v) is 3.15. The van der Waals surface area contributed by atoms with Crippen LogP contribution in [0.4, 0.5) is 0 Å². The molecule has 2 atom stereocenters. The minimum atomic E-state index is 0.448. The lowest BCUT2D eigenvalue weighted by Crippen LogP contribution is -2.17. The van der Waals surface area contributed by atoms with Gasteiger partial charge in [-0.3, -0.25) is 0 Å². The first-order valence-corrected chi connectivity index (χ1v) is 8.12. The molecule has 0 aliphatic carbocycles. The molecule has 0 amide bonds. The molecule has 0 spiro atoms. The van der Waals surface area contributed by atoms with Crippen molar-refractivity contribution < 1.29 is 0 Å². The lowest BCUT2D eigenvalue weighted by atomic mass is 10.1.